The van der Waals surface area contributed by atoms with Crippen molar-refractivity contribution in [2.24, 2.45) is 5.92 Å². The van der Waals surface area contributed by atoms with Crippen molar-refractivity contribution < 1.29 is 23.9 Å². The number of fused-ring (bicyclic) bond motifs is 2. The highest BCUT2D eigenvalue weighted by Crippen LogP contribution is 2.54. The zero-order valence-electron chi connectivity index (χ0n) is 22.8. The summed E-state index contributed by atoms with van der Waals surface area (Å²) in [6.07, 6.45) is 0. The van der Waals surface area contributed by atoms with Gasteiger partial charge in [-0.3, -0.25) is 23.7 Å². The highest BCUT2D eigenvalue weighted by Gasteiger charge is 2.56. The summed E-state index contributed by atoms with van der Waals surface area (Å²) in [4.78, 5) is 57.2. The van der Waals surface area contributed by atoms with Crippen LogP contribution >= 0.6 is 23.1 Å². The van der Waals surface area contributed by atoms with Crippen molar-refractivity contribution in [3.63, 3.8) is 0 Å². The highest BCUT2D eigenvalue weighted by molar-refractivity contribution is 8.00. The van der Waals surface area contributed by atoms with Crippen molar-refractivity contribution in [3.8, 4) is 5.75 Å². The molecule has 0 N–H and O–H groups in total. The zero-order chi connectivity index (χ0) is 28.6. The monoisotopic (exact) mass is 581 g/mol. The number of thioether (sulfide) groups is 1. The first kappa shape index (κ1) is 28.0. The number of amides is 2. The number of imide groups is 1. The number of benzene rings is 2. The van der Waals surface area contributed by atoms with E-state index >= 15 is 0 Å². The zero-order valence-corrected chi connectivity index (χ0v) is 24.4. The van der Waals surface area contributed by atoms with Crippen LogP contribution in [-0.2, 0) is 25.7 Å². The van der Waals surface area contributed by atoms with Crippen molar-refractivity contribution in [3.05, 3.63) is 68.6 Å². The molecule has 3 aromatic rings. The predicted octanol–water partition coefficient (Wildman–Crippen LogP) is 4.12. The molecule has 11 heteroatoms. The van der Waals surface area contributed by atoms with Gasteiger partial charge in [-0.05, 0) is 62.7 Å². The Morgan fingerprint density at radius 3 is 2.23 bits per heavy atom. The molecule has 0 saturated carbocycles. The molecule has 3 unspecified atom stereocenters. The van der Waals surface area contributed by atoms with E-state index in [1.54, 1.807) is 38.3 Å². The molecule has 40 heavy (non-hydrogen) atoms. The molecule has 1 aromatic heterocycles. The molecule has 5 rings (SSSR count). The second-order valence-electron chi connectivity index (χ2n) is 9.44. The summed E-state index contributed by atoms with van der Waals surface area (Å²) in [5.74, 6) is -1.79. The van der Waals surface area contributed by atoms with Crippen LogP contribution in [0.4, 0.5) is 11.4 Å². The van der Waals surface area contributed by atoms with Crippen LogP contribution in [0.5, 0.6) is 5.75 Å². The summed E-state index contributed by atoms with van der Waals surface area (Å²) in [7, 11) is 1.55. The average Bonchev–Trinajstić information content (AvgIpc) is 3.40. The van der Waals surface area contributed by atoms with E-state index in [2.05, 4.69) is 18.7 Å². The number of aromatic nitrogens is 1. The maximum Gasteiger partial charge on any atom is 0.326 e. The standard InChI is InChI=1S/C29H31N3O6S2/c1-5-30(6-2)18-10-8-17(9-11-18)22-23-24(27(35)32(26(23)34)19-12-14-20(37-4)15-13-19)39-28-25(22)40-29(36)31(28)16-21(33)38-7-3/h8-15,22-24H,5-7,16H2,1-4H3. The summed E-state index contributed by atoms with van der Waals surface area (Å²) in [6.45, 7) is 7.54. The van der Waals surface area contributed by atoms with Gasteiger partial charge in [0.25, 0.3) is 0 Å². The van der Waals surface area contributed by atoms with Crippen LogP contribution in [-0.4, -0.2) is 54.4 Å². The smallest absolute Gasteiger partial charge is 0.326 e. The molecular weight excluding hydrogens is 550 g/mol. The Hall–Kier alpha value is -3.57. The molecule has 2 aromatic carbocycles. The van der Waals surface area contributed by atoms with Crippen molar-refractivity contribution in [2.45, 2.75) is 43.5 Å². The van der Waals surface area contributed by atoms with Crippen molar-refractivity contribution in [1.29, 1.82) is 0 Å². The van der Waals surface area contributed by atoms with Gasteiger partial charge in [0.15, 0.2) is 0 Å². The van der Waals surface area contributed by atoms with Gasteiger partial charge in [0, 0.05) is 29.6 Å². The third-order valence-electron chi connectivity index (χ3n) is 7.35. The Morgan fingerprint density at radius 2 is 1.62 bits per heavy atom. The van der Waals surface area contributed by atoms with Gasteiger partial charge in [-0.2, -0.15) is 0 Å². The quantitative estimate of drug-likeness (QED) is 0.275. The molecule has 1 saturated heterocycles. The van der Waals surface area contributed by atoms with Crippen LogP contribution in [0, 0.1) is 5.92 Å². The van der Waals surface area contributed by atoms with E-state index in [-0.39, 0.29) is 29.8 Å². The Morgan fingerprint density at radius 1 is 0.950 bits per heavy atom. The van der Waals surface area contributed by atoms with Crippen LogP contribution in [0.15, 0.2) is 58.4 Å². The van der Waals surface area contributed by atoms with Gasteiger partial charge in [-0.25, -0.2) is 4.90 Å². The van der Waals surface area contributed by atoms with Gasteiger partial charge in [0.05, 0.1) is 30.3 Å². The van der Waals surface area contributed by atoms with Gasteiger partial charge in [-0.1, -0.05) is 35.2 Å². The molecule has 0 aliphatic carbocycles. The average molecular weight is 582 g/mol. The van der Waals surface area contributed by atoms with Crippen LogP contribution < -0.4 is 19.4 Å². The maximum atomic E-state index is 14.0. The number of nitrogens with zero attached hydrogens (tertiary/aromatic N) is 3. The lowest BCUT2D eigenvalue weighted by Gasteiger charge is -2.31. The first-order valence-corrected chi connectivity index (χ1v) is 14.9. The molecule has 2 aliphatic heterocycles. The van der Waals surface area contributed by atoms with Crippen molar-refractivity contribution in [2.75, 3.05) is 36.6 Å². The minimum atomic E-state index is -0.753. The molecule has 0 bridgehead atoms. The largest absolute Gasteiger partial charge is 0.497 e. The first-order chi connectivity index (χ1) is 19.3. The van der Waals surface area contributed by atoms with Gasteiger partial charge >= 0.3 is 10.8 Å². The lowest BCUT2D eigenvalue weighted by molar-refractivity contribution is -0.144. The minimum absolute atomic E-state index is 0.197. The van der Waals surface area contributed by atoms with E-state index in [1.165, 1.54) is 21.2 Å². The fourth-order valence-electron chi connectivity index (χ4n) is 5.42. The van der Waals surface area contributed by atoms with E-state index in [4.69, 9.17) is 9.47 Å². The first-order valence-electron chi connectivity index (χ1n) is 13.2. The minimum Gasteiger partial charge on any atom is -0.497 e. The third-order valence-corrected chi connectivity index (χ3v) is 9.96. The molecule has 210 valence electrons. The van der Waals surface area contributed by atoms with Crippen LogP contribution in [0.25, 0.3) is 0 Å². The number of rotatable bonds is 9. The number of methoxy groups -OCH3 is 1. The maximum absolute atomic E-state index is 14.0. The second-order valence-corrected chi connectivity index (χ2v) is 11.6. The summed E-state index contributed by atoms with van der Waals surface area (Å²) < 4.78 is 11.7. The molecular formula is C29H31N3O6S2. The fourth-order valence-corrected chi connectivity index (χ4v) is 8.19. The molecule has 3 atom stereocenters. The Balaban J connectivity index is 1.61. The normalized spacial score (nSPS) is 19.8. The van der Waals surface area contributed by atoms with Gasteiger partial charge < -0.3 is 14.4 Å². The topological polar surface area (TPSA) is 98.2 Å². The Bertz CT molecular complexity index is 1480. The number of carbonyl (C=O) groups excluding carboxylic acids is 3. The number of esters is 1. The molecule has 9 nitrogen and oxygen atoms in total. The molecule has 0 spiro atoms. The Labute approximate surface area is 240 Å². The van der Waals surface area contributed by atoms with E-state index in [9.17, 15) is 19.2 Å². The molecule has 2 amide bonds. The number of carbonyl (C=O) groups is 3. The molecule has 2 aliphatic rings. The number of anilines is 2. The lowest BCUT2D eigenvalue weighted by Crippen LogP contribution is -2.32. The van der Waals surface area contributed by atoms with Gasteiger partial charge in [0.1, 0.15) is 17.5 Å². The van der Waals surface area contributed by atoms with Crippen LogP contribution in [0.3, 0.4) is 0 Å². The summed E-state index contributed by atoms with van der Waals surface area (Å²) in [6, 6.07) is 14.8. The second kappa shape index (κ2) is 11.5. The van der Waals surface area contributed by atoms with Gasteiger partial charge in [0.2, 0.25) is 11.8 Å². The van der Waals surface area contributed by atoms with E-state index in [0.717, 1.165) is 35.7 Å². The van der Waals surface area contributed by atoms with Crippen LogP contribution in [0.1, 0.15) is 37.1 Å². The number of hydrogen-bond acceptors (Lipinski definition) is 9. The molecule has 0 radical (unpaired) electrons. The number of ether oxygens (including phenoxy) is 2. The summed E-state index contributed by atoms with van der Waals surface area (Å²) in [5, 5.41) is -0.211. The SMILES string of the molecule is CCOC(=O)Cn1c2c(sc1=O)C(c1ccc(N(CC)CC)cc1)C1C(=O)N(c3ccc(OC)cc3)C(=O)C1S2. The van der Waals surface area contributed by atoms with Crippen LogP contribution in [0.2, 0.25) is 0 Å². The van der Waals surface area contributed by atoms with Crippen molar-refractivity contribution >= 4 is 52.3 Å². The molecule has 3 heterocycles. The predicted molar refractivity (Wildman–Crippen MR) is 156 cm³/mol. The number of hydrogen-bond donors (Lipinski definition) is 0. The van der Waals surface area contributed by atoms with E-state index < -0.39 is 23.1 Å². The van der Waals surface area contributed by atoms with E-state index in [1.807, 2.05) is 24.3 Å². The van der Waals surface area contributed by atoms with Gasteiger partial charge in [-0.15, -0.1) is 0 Å². The molecule has 1 fully saturated rings. The van der Waals surface area contributed by atoms with E-state index in [0.29, 0.717) is 21.3 Å². The third kappa shape index (κ3) is 4.81. The lowest BCUT2D eigenvalue weighted by atomic mass is 9.83. The summed E-state index contributed by atoms with van der Waals surface area (Å²) >= 11 is 2.21. The highest BCUT2D eigenvalue weighted by atomic mass is 32.2. The fraction of sp³-hybridized carbons (Fsp3) is 0.379. The number of thiazole rings is 1. The Kier molecular flexibility index (Phi) is 8.04. The summed E-state index contributed by atoms with van der Waals surface area (Å²) in [5.41, 5.74) is 2.36. The van der Waals surface area contributed by atoms with Crippen molar-refractivity contribution in [1.82, 2.24) is 4.57 Å².